The van der Waals surface area contributed by atoms with Crippen LogP contribution in [0, 0.1) is 0 Å². The Labute approximate surface area is 308 Å². The lowest BCUT2D eigenvalue weighted by molar-refractivity contribution is 0.563. The molecule has 2 heterocycles. The van der Waals surface area contributed by atoms with Crippen molar-refractivity contribution < 1.29 is 4.42 Å². The Morgan fingerprint density at radius 2 is 0.925 bits per heavy atom. The molecule has 4 nitrogen and oxygen atoms in total. The molecule has 10 rings (SSSR count). The highest BCUT2D eigenvalue weighted by molar-refractivity contribution is 6.09. The molecule has 0 spiro atoms. The Bertz CT molecular complexity index is 2740. The molecule has 0 amide bonds. The molecular formula is C49H35N3O. The molecule has 2 aromatic heterocycles. The van der Waals surface area contributed by atoms with Gasteiger partial charge in [0.05, 0.1) is 0 Å². The number of hydrogen-bond acceptors (Lipinski definition) is 4. The Morgan fingerprint density at radius 1 is 0.415 bits per heavy atom. The van der Waals surface area contributed by atoms with Gasteiger partial charge in [-0.25, -0.2) is 15.0 Å². The second-order valence-corrected chi connectivity index (χ2v) is 14.1. The molecule has 0 bridgehead atoms. The molecule has 0 saturated carbocycles. The van der Waals surface area contributed by atoms with Crippen molar-refractivity contribution >= 4 is 21.9 Å². The summed E-state index contributed by atoms with van der Waals surface area (Å²) in [5, 5.41) is 2.14. The van der Waals surface area contributed by atoms with Gasteiger partial charge in [0.1, 0.15) is 11.2 Å². The molecule has 252 valence electrons. The molecule has 53 heavy (non-hydrogen) atoms. The normalized spacial score (nSPS) is 14.8. The fourth-order valence-electron chi connectivity index (χ4n) is 8.07. The summed E-state index contributed by atoms with van der Waals surface area (Å²) in [6.45, 7) is 4.62. The van der Waals surface area contributed by atoms with Gasteiger partial charge in [0.25, 0.3) is 0 Å². The first-order valence-corrected chi connectivity index (χ1v) is 18.2. The zero-order valence-electron chi connectivity index (χ0n) is 29.5. The molecule has 0 saturated heterocycles. The number of benzene rings is 7. The lowest BCUT2D eigenvalue weighted by Crippen LogP contribution is -2.18. The van der Waals surface area contributed by atoms with Gasteiger partial charge in [-0.2, -0.15) is 0 Å². The van der Waals surface area contributed by atoms with Crippen LogP contribution in [0.1, 0.15) is 31.4 Å². The van der Waals surface area contributed by atoms with Crippen molar-refractivity contribution in [1.29, 1.82) is 0 Å². The molecule has 0 aliphatic heterocycles. The first-order valence-electron chi connectivity index (χ1n) is 18.2. The van der Waals surface area contributed by atoms with Gasteiger partial charge in [-0.15, -0.1) is 0 Å². The van der Waals surface area contributed by atoms with Gasteiger partial charge >= 0.3 is 0 Å². The summed E-state index contributed by atoms with van der Waals surface area (Å²) < 4.78 is 6.55. The maximum Gasteiger partial charge on any atom is 0.164 e. The maximum atomic E-state index is 6.55. The SMILES string of the molecule is CCC1(C)c2ccccc2-c2cc3c(cc21)oc1ccc(-c2nc(-c4cccc(-c5ccccc5)c4)nc(-c4cccc(-c5ccccc5)c4)n2)cc13. The largest absolute Gasteiger partial charge is 0.456 e. The van der Waals surface area contributed by atoms with Gasteiger partial charge in [-0.05, 0) is 93.4 Å². The zero-order chi connectivity index (χ0) is 35.5. The Hall–Kier alpha value is -6.65. The average Bonchev–Trinajstić information content (AvgIpc) is 3.72. The average molecular weight is 682 g/mol. The van der Waals surface area contributed by atoms with Crippen molar-refractivity contribution in [3.05, 3.63) is 175 Å². The van der Waals surface area contributed by atoms with E-state index in [2.05, 4.69) is 166 Å². The van der Waals surface area contributed by atoms with E-state index in [9.17, 15) is 0 Å². The van der Waals surface area contributed by atoms with Crippen LogP contribution in [0.25, 0.3) is 89.5 Å². The highest BCUT2D eigenvalue weighted by atomic mass is 16.3. The molecule has 0 N–H and O–H groups in total. The van der Waals surface area contributed by atoms with Crippen molar-refractivity contribution in [2.24, 2.45) is 0 Å². The summed E-state index contributed by atoms with van der Waals surface area (Å²) in [6.07, 6.45) is 1.01. The number of rotatable bonds is 6. The summed E-state index contributed by atoms with van der Waals surface area (Å²) in [6, 6.07) is 57.4. The third kappa shape index (κ3) is 5.17. The van der Waals surface area contributed by atoms with Crippen LogP contribution in [0.15, 0.2) is 168 Å². The lowest BCUT2D eigenvalue weighted by atomic mass is 9.78. The second-order valence-electron chi connectivity index (χ2n) is 14.1. The van der Waals surface area contributed by atoms with Crippen molar-refractivity contribution in [3.8, 4) is 67.5 Å². The fraction of sp³-hybridized carbons (Fsp3) is 0.0816. The van der Waals surface area contributed by atoms with Gasteiger partial charge in [0.15, 0.2) is 17.5 Å². The van der Waals surface area contributed by atoms with Crippen LogP contribution >= 0.6 is 0 Å². The molecule has 4 heteroatoms. The topological polar surface area (TPSA) is 51.8 Å². The number of fused-ring (bicyclic) bond motifs is 6. The van der Waals surface area contributed by atoms with E-state index < -0.39 is 0 Å². The summed E-state index contributed by atoms with van der Waals surface area (Å²) in [7, 11) is 0. The summed E-state index contributed by atoms with van der Waals surface area (Å²) in [5.41, 5.74) is 14.3. The molecule has 0 fully saturated rings. The highest BCUT2D eigenvalue weighted by Gasteiger charge is 2.38. The number of nitrogens with zero attached hydrogens (tertiary/aromatic N) is 3. The maximum absolute atomic E-state index is 6.55. The first-order chi connectivity index (χ1) is 26.1. The molecule has 1 aliphatic carbocycles. The van der Waals surface area contributed by atoms with Gasteiger partial charge < -0.3 is 4.42 Å². The van der Waals surface area contributed by atoms with Crippen LogP contribution < -0.4 is 0 Å². The van der Waals surface area contributed by atoms with E-state index in [1.807, 2.05) is 12.1 Å². The molecule has 0 radical (unpaired) electrons. The third-order valence-electron chi connectivity index (χ3n) is 11.1. The predicted octanol–water partition coefficient (Wildman–Crippen LogP) is 12.8. The minimum atomic E-state index is -0.0580. The molecular weight excluding hydrogens is 647 g/mol. The van der Waals surface area contributed by atoms with Gasteiger partial charge in [-0.1, -0.05) is 135 Å². The molecule has 7 aromatic carbocycles. The van der Waals surface area contributed by atoms with Crippen molar-refractivity contribution in [2.75, 3.05) is 0 Å². The summed E-state index contributed by atoms with van der Waals surface area (Å²) in [4.78, 5) is 15.4. The van der Waals surface area contributed by atoms with E-state index in [-0.39, 0.29) is 5.41 Å². The van der Waals surface area contributed by atoms with E-state index in [4.69, 9.17) is 19.4 Å². The lowest BCUT2D eigenvalue weighted by Gasteiger charge is -2.25. The monoisotopic (exact) mass is 681 g/mol. The number of hydrogen-bond donors (Lipinski definition) is 0. The number of aromatic nitrogens is 3. The van der Waals surface area contributed by atoms with Crippen molar-refractivity contribution in [1.82, 2.24) is 15.0 Å². The molecule has 1 unspecified atom stereocenters. The fourth-order valence-corrected chi connectivity index (χ4v) is 8.07. The smallest absolute Gasteiger partial charge is 0.164 e. The van der Waals surface area contributed by atoms with E-state index in [0.717, 1.165) is 67.3 Å². The van der Waals surface area contributed by atoms with E-state index in [1.54, 1.807) is 0 Å². The first kappa shape index (κ1) is 31.1. The van der Waals surface area contributed by atoms with Crippen LogP contribution in [0.4, 0.5) is 0 Å². The minimum absolute atomic E-state index is 0.0580. The van der Waals surface area contributed by atoms with E-state index in [0.29, 0.717) is 17.5 Å². The van der Waals surface area contributed by atoms with Crippen LogP contribution in [0.2, 0.25) is 0 Å². The Balaban J connectivity index is 1.15. The van der Waals surface area contributed by atoms with Crippen LogP contribution in [-0.4, -0.2) is 15.0 Å². The van der Waals surface area contributed by atoms with Crippen LogP contribution in [0.3, 0.4) is 0 Å². The minimum Gasteiger partial charge on any atom is -0.456 e. The van der Waals surface area contributed by atoms with Crippen LogP contribution in [-0.2, 0) is 5.41 Å². The van der Waals surface area contributed by atoms with E-state index in [1.165, 1.54) is 22.3 Å². The van der Waals surface area contributed by atoms with Crippen molar-refractivity contribution in [2.45, 2.75) is 25.7 Å². The van der Waals surface area contributed by atoms with Crippen LogP contribution in [0.5, 0.6) is 0 Å². The van der Waals surface area contributed by atoms with Gasteiger partial charge in [0.2, 0.25) is 0 Å². The second kappa shape index (κ2) is 12.2. The van der Waals surface area contributed by atoms with Gasteiger partial charge in [-0.3, -0.25) is 0 Å². The van der Waals surface area contributed by atoms with E-state index >= 15 is 0 Å². The number of furan rings is 1. The van der Waals surface area contributed by atoms with Crippen molar-refractivity contribution in [3.63, 3.8) is 0 Å². The predicted molar refractivity (Wildman–Crippen MR) is 216 cm³/mol. The molecule has 1 atom stereocenters. The zero-order valence-corrected chi connectivity index (χ0v) is 29.5. The standard InChI is InChI=1S/C49H35N3O/c1-3-49(2)42-23-11-10-22-38(42)39-29-41-40-28-37(24-25-44(40)53-45(41)30-43(39)49)48-51-46(35-20-12-18-33(26-35)31-14-6-4-7-15-31)50-47(52-48)36-21-13-19-34(27-36)32-16-8-5-9-17-32/h4-30H,3H2,1-2H3. The Kier molecular flexibility index (Phi) is 7.19. The van der Waals surface area contributed by atoms with Gasteiger partial charge in [0, 0.05) is 32.9 Å². The summed E-state index contributed by atoms with van der Waals surface area (Å²) >= 11 is 0. The summed E-state index contributed by atoms with van der Waals surface area (Å²) in [5.74, 6) is 1.86. The quantitative estimate of drug-likeness (QED) is 0.175. The highest BCUT2D eigenvalue weighted by Crippen LogP contribution is 2.52. The Morgan fingerprint density at radius 3 is 1.53 bits per heavy atom. The molecule has 1 aliphatic rings. The third-order valence-corrected chi connectivity index (χ3v) is 11.1. The molecule has 9 aromatic rings.